The molecule has 1 saturated heterocycles. The van der Waals surface area contributed by atoms with Crippen LogP contribution >= 0.6 is 12.2 Å². The molecule has 0 saturated carbocycles. The van der Waals surface area contributed by atoms with Gasteiger partial charge in [0.15, 0.2) is 0 Å². The molecule has 1 aromatic rings. The quantitative estimate of drug-likeness (QED) is 0.815. The van der Waals surface area contributed by atoms with Crippen molar-refractivity contribution in [1.82, 2.24) is 4.98 Å². The van der Waals surface area contributed by atoms with Gasteiger partial charge in [0, 0.05) is 12.2 Å². The summed E-state index contributed by atoms with van der Waals surface area (Å²) in [5.74, 6) is 0.436. The Balaban J connectivity index is 2.07. The lowest BCUT2D eigenvalue weighted by atomic mass is 9.94. The highest BCUT2D eigenvalue weighted by molar-refractivity contribution is 7.80. The molecule has 1 aliphatic heterocycles. The number of aromatic nitrogens is 1. The van der Waals surface area contributed by atoms with Crippen molar-refractivity contribution >= 4 is 28.9 Å². The van der Waals surface area contributed by atoms with E-state index in [0.29, 0.717) is 4.99 Å². The van der Waals surface area contributed by atoms with Gasteiger partial charge in [-0.1, -0.05) is 12.2 Å². The molecule has 2 aliphatic rings. The predicted octanol–water partition coefficient (Wildman–Crippen LogP) is 1.05. The Hall–Kier alpha value is -1.69. The number of carbonyl (C=O) groups is 1. The van der Waals surface area contributed by atoms with Crippen molar-refractivity contribution in [3.63, 3.8) is 0 Å². The molecule has 1 aromatic heterocycles. The zero-order valence-corrected chi connectivity index (χ0v) is 12.8. The molecule has 1 fully saturated rings. The molecule has 1 amide bonds. The molecule has 0 bridgehead atoms. The number of carbonyl (C=O) groups excluding carboxylic acids is 1. The third kappa shape index (κ3) is 2.60. The lowest BCUT2D eigenvalue weighted by Gasteiger charge is -2.27. The van der Waals surface area contributed by atoms with E-state index in [4.69, 9.17) is 28.7 Å². The zero-order valence-electron chi connectivity index (χ0n) is 12.0. The molecule has 112 valence electrons. The first-order valence-corrected chi connectivity index (χ1v) is 7.87. The van der Waals surface area contributed by atoms with Gasteiger partial charge < -0.3 is 16.4 Å². The van der Waals surface area contributed by atoms with Crippen LogP contribution in [0, 0.1) is 0 Å². The van der Waals surface area contributed by atoms with Crippen molar-refractivity contribution in [3.8, 4) is 0 Å². The third-order valence-corrected chi connectivity index (χ3v) is 4.62. The molecule has 6 heteroatoms. The van der Waals surface area contributed by atoms with Gasteiger partial charge in [0.2, 0.25) is 5.91 Å². The van der Waals surface area contributed by atoms with E-state index in [1.807, 2.05) is 4.90 Å². The van der Waals surface area contributed by atoms with E-state index >= 15 is 0 Å². The Labute approximate surface area is 129 Å². The van der Waals surface area contributed by atoms with Crippen LogP contribution in [0.3, 0.4) is 0 Å². The predicted molar refractivity (Wildman–Crippen MR) is 86.3 cm³/mol. The summed E-state index contributed by atoms with van der Waals surface area (Å²) in [6.07, 6.45) is 6.05. The first kappa shape index (κ1) is 14.3. The monoisotopic (exact) mass is 304 g/mol. The van der Waals surface area contributed by atoms with Crippen molar-refractivity contribution in [2.75, 3.05) is 11.4 Å². The third-order valence-electron chi connectivity index (χ3n) is 4.40. The van der Waals surface area contributed by atoms with Crippen LogP contribution in [-0.4, -0.2) is 28.5 Å². The molecule has 1 unspecified atom stereocenters. The van der Waals surface area contributed by atoms with Crippen molar-refractivity contribution < 1.29 is 4.79 Å². The van der Waals surface area contributed by atoms with Crippen LogP contribution in [-0.2, 0) is 17.6 Å². The van der Waals surface area contributed by atoms with Crippen molar-refractivity contribution in [3.05, 3.63) is 22.9 Å². The molecule has 3 rings (SSSR count). The number of nitrogens with zero attached hydrogens (tertiary/aromatic N) is 2. The van der Waals surface area contributed by atoms with E-state index in [-0.39, 0.29) is 11.9 Å². The van der Waals surface area contributed by atoms with Gasteiger partial charge in [0.1, 0.15) is 16.8 Å². The second-order valence-corrected chi connectivity index (χ2v) is 6.23. The van der Waals surface area contributed by atoms with Gasteiger partial charge >= 0.3 is 0 Å². The number of rotatable bonds is 3. The second-order valence-electron chi connectivity index (χ2n) is 5.79. The van der Waals surface area contributed by atoms with Crippen molar-refractivity contribution in [1.29, 1.82) is 0 Å². The standard InChI is InChI=1S/C15H20N4OS/c16-13(20)12-6-3-7-19(12)15-10(14(17)21)8-9-4-1-2-5-11(9)18-15/h8,12H,1-7H2,(H2,16,20)(H2,17,21). The minimum absolute atomic E-state index is 0.299. The number of hydrogen-bond donors (Lipinski definition) is 2. The van der Waals surface area contributed by atoms with E-state index < -0.39 is 0 Å². The number of thiocarbonyl (C=S) groups is 1. The lowest BCUT2D eigenvalue weighted by molar-refractivity contribution is -0.119. The summed E-state index contributed by atoms with van der Waals surface area (Å²) < 4.78 is 0. The SMILES string of the molecule is NC(=O)C1CCCN1c1nc2c(cc1C(N)=S)CCCC2. The number of pyridine rings is 1. The summed E-state index contributed by atoms with van der Waals surface area (Å²) >= 11 is 5.19. The van der Waals surface area contributed by atoms with Crippen LogP contribution in [0.15, 0.2) is 6.07 Å². The smallest absolute Gasteiger partial charge is 0.240 e. The first-order chi connectivity index (χ1) is 10.1. The van der Waals surface area contributed by atoms with Crippen LogP contribution < -0.4 is 16.4 Å². The van der Waals surface area contributed by atoms with Gasteiger partial charge in [0.25, 0.3) is 0 Å². The molecule has 0 spiro atoms. The summed E-state index contributed by atoms with van der Waals surface area (Å²) in [5, 5.41) is 0. The molecule has 21 heavy (non-hydrogen) atoms. The highest BCUT2D eigenvalue weighted by Crippen LogP contribution is 2.31. The Morgan fingerprint density at radius 1 is 1.29 bits per heavy atom. The van der Waals surface area contributed by atoms with Gasteiger partial charge in [-0.2, -0.15) is 0 Å². The maximum absolute atomic E-state index is 11.6. The number of aryl methyl sites for hydroxylation is 2. The number of amides is 1. The van der Waals surface area contributed by atoms with Crippen LogP contribution in [0.5, 0.6) is 0 Å². The molecule has 2 heterocycles. The van der Waals surface area contributed by atoms with Gasteiger partial charge in [-0.3, -0.25) is 4.79 Å². The Bertz CT molecular complexity index is 602. The minimum Gasteiger partial charge on any atom is -0.389 e. The summed E-state index contributed by atoms with van der Waals surface area (Å²) in [4.78, 5) is 18.8. The van der Waals surface area contributed by atoms with Crippen LogP contribution in [0.25, 0.3) is 0 Å². The van der Waals surface area contributed by atoms with Crippen molar-refractivity contribution in [2.45, 2.75) is 44.6 Å². The fourth-order valence-electron chi connectivity index (χ4n) is 3.34. The molecule has 0 radical (unpaired) electrons. The van der Waals surface area contributed by atoms with E-state index in [0.717, 1.165) is 55.7 Å². The van der Waals surface area contributed by atoms with E-state index in [1.165, 1.54) is 12.0 Å². The zero-order chi connectivity index (χ0) is 15.0. The average Bonchev–Trinajstić information content (AvgIpc) is 2.95. The molecular weight excluding hydrogens is 284 g/mol. The van der Waals surface area contributed by atoms with E-state index in [9.17, 15) is 4.79 Å². The number of fused-ring (bicyclic) bond motifs is 1. The van der Waals surface area contributed by atoms with Gasteiger partial charge in [0.05, 0.1) is 5.56 Å². The fourth-order valence-corrected chi connectivity index (χ4v) is 3.49. The Morgan fingerprint density at radius 3 is 2.76 bits per heavy atom. The Kier molecular flexibility index (Phi) is 3.80. The molecule has 1 atom stereocenters. The summed E-state index contributed by atoms with van der Waals surface area (Å²) in [5.41, 5.74) is 14.5. The summed E-state index contributed by atoms with van der Waals surface area (Å²) in [7, 11) is 0. The summed E-state index contributed by atoms with van der Waals surface area (Å²) in [6.45, 7) is 0.773. The van der Waals surface area contributed by atoms with Gasteiger partial charge in [-0.15, -0.1) is 0 Å². The average molecular weight is 304 g/mol. The maximum atomic E-state index is 11.6. The Morgan fingerprint density at radius 2 is 2.05 bits per heavy atom. The summed E-state index contributed by atoms with van der Waals surface area (Å²) in [6, 6.07) is 1.77. The largest absolute Gasteiger partial charge is 0.389 e. The molecular formula is C15H20N4OS. The van der Waals surface area contributed by atoms with Crippen LogP contribution in [0.4, 0.5) is 5.82 Å². The molecule has 1 aliphatic carbocycles. The molecule has 0 aromatic carbocycles. The van der Waals surface area contributed by atoms with Crippen LogP contribution in [0.2, 0.25) is 0 Å². The highest BCUT2D eigenvalue weighted by atomic mass is 32.1. The first-order valence-electron chi connectivity index (χ1n) is 7.46. The minimum atomic E-state index is -0.305. The number of anilines is 1. The number of hydrogen-bond acceptors (Lipinski definition) is 4. The maximum Gasteiger partial charge on any atom is 0.240 e. The highest BCUT2D eigenvalue weighted by Gasteiger charge is 2.32. The topological polar surface area (TPSA) is 85.2 Å². The fraction of sp³-hybridized carbons (Fsp3) is 0.533. The van der Waals surface area contributed by atoms with Crippen LogP contribution in [0.1, 0.15) is 42.5 Å². The molecule has 4 N–H and O–H groups in total. The number of nitrogens with two attached hydrogens (primary N) is 2. The van der Waals surface area contributed by atoms with Gasteiger partial charge in [-0.25, -0.2) is 4.98 Å². The van der Waals surface area contributed by atoms with E-state index in [1.54, 1.807) is 0 Å². The lowest BCUT2D eigenvalue weighted by Crippen LogP contribution is -2.41. The number of primary amides is 1. The second kappa shape index (κ2) is 5.60. The normalized spacial score (nSPS) is 21.1. The van der Waals surface area contributed by atoms with E-state index in [2.05, 4.69) is 6.07 Å². The molecule has 5 nitrogen and oxygen atoms in total. The van der Waals surface area contributed by atoms with Gasteiger partial charge in [-0.05, 0) is 50.2 Å². The van der Waals surface area contributed by atoms with Crippen molar-refractivity contribution in [2.24, 2.45) is 11.5 Å².